The van der Waals surface area contributed by atoms with Crippen LogP contribution in [0.4, 0.5) is 18.0 Å². The van der Waals surface area contributed by atoms with Gasteiger partial charge in [-0.1, -0.05) is 42.5 Å². The van der Waals surface area contributed by atoms with Crippen LogP contribution in [0.3, 0.4) is 0 Å². The highest BCUT2D eigenvalue weighted by Gasteiger charge is 2.35. The molecule has 25 heavy (non-hydrogen) atoms. The summed E-state index contributed by atoms with van der Waals surface area (Å²) in [5.41, 5.74) is 0.487. The first-order valence-corrected chi connectivity index (χ1v) is 8.13. The van der Waals surface area contributed by atoms with Gasteiger partial charge >= 0.3 is 6.18 Å². The van der Waals surface area contributed by atoms with Gasteiger partial charge in [0.15, 0.2) is 0 Å². The van der Waals surface area contributed by atoms with E-state index in [4.69, 9.17) is 0 Å². The molecule has 7 heteroatoms. The van der Waals surface area contributed by atoms with Crippen molar-refractivity contribution in [3.05, 3.63) is 76.2 Å². The number of thioether (sulfide) groups is 1. The molecule has 0 N–H and O–H groups in total. The van der Waals surface area contributed by atoms with Crippen LogP contribution in [0.15, 0.2) is 59.5 Å². The molecule has 0 unspecified atom stereocenters. The Morgan fingerprint density at radius 1 is 0.960 bits per heavy atom. The van der Waals surface area contributed by atoms with E-state index in [1.165, 1.54) is 18.2 Å². The van der Waals surface area contributed by atoms with E-state index in [1.807, 2.05) is 30.3 Å². The van der Waals surface area contributed by atoms with E-state index >= 15 is 0 Å². The van der Waals surface area contributed by atoms with Crippen LogP contribution in [0.25, 0.3) is 6.08 Å². The average Bonchev–Trinajstić information content (AvgIpc) is 2.83. The lowest BCUT2D eigenvalue weighted by Crippen LogP contribution is -2.27. The van der Waals surface area contributed by atoms with E-state index in [-0.39, 0.29) is 11.4 Å². The smallest absolute Gasteiger partial charge is 0.268 e. The Bertz CT molecular complexity index is 830. The molecule has 0 aromatic heterocycles. The van der Waals surface area contributed by atoms with Crippen molar-refractivity contribution >= 4 is 29.0 Å². The zero-order valence-corrected chi connectivity index (χ0v) is 13.6. The van der Waals surface area contributed by atoms with Gasteiger partial charge in [0.2, 0.25) is 0 Å². The van der Waals surface area contributed by atoms with E-state index in [0.29, 0.717) is 5.56 Å². The van der Waals surface area contributed by atoms with Gasteiger partial charge in [-0.2, -0.15) is 13.2 Å². The van der Waals surface area contributed by atoms with Gasteiger partial charge in [-0.25, -0.2) is 0 Å². The van der Waals surface area contributed by atoms with Gasteiger partial charge in [0, 0.05) is 0 Å². The molecule has 1 aliphatic rings. The summed E-state index contributed by atoms with van der Waals surface area (Å²) < 4.78 is 37.7. The van der Waals surface area contributed by atoms with Crippen molar-refractivity contribution in [3.63, 3.8) is 0 Å². The third-order valence-corrected chi connectivity index (χ3v) is 4.50. The molecule has 0 bridgehead atoms. The summed E-state index contributed by atoms with van der Waals surface area (Å²) in [6.07, 6.45) is -2.98. The second kappa shape index (κ2) is 6.76. The van der Waals surface area contributed by atoms with Crippen LogP contribution < -0.4 is 0 Å². The van der Waals surface area contributed by atoms with Gasteiger partial charge in [0.05, 0.1) is 17.0 Å². The highest BCUT2D eigenvalue weighted by Crippen LogP contribution is 2.34. The summed E-state index contributed by atoms with van der Waals surface area (Å²) >= 11 is 0.782. The van der Waals surface area contributed by atoms with Crippen molar-refractivity contribution in [2.24, 2.45) is 0 Å². The third-order valence-electron chi connectivity index (χ3n) is 3.59. The lowest BCUT2D eigenvalue weighted by molar-refractivity contribution is -0.137. The lowest BCUT2D eigenvalue weighted by atomic mass is 10.1. The molecule has 2 aromatic carbocycles. The third kappa shape index (κ3) is 3.93. The number of alkyl halides is 3. The summed E-state index contributed by atoms with van der Waals surface area (Å²) in [5, 5.41) is -0.396. The van der Waals surface area contributed by atoms with Crippen LogP contribution in [0.5, 0.6) is 0 Å². The molecule has 3 rings (SSSR count). The molecule has 2 aromatic rings. The quantitative estimate of drug-likeness (QED) is 0.725. The van der Waals surface area contributed by atoms with Gasteiger partial charge in [-0.15, -0.1) is 0 Å². The molecule has 0 aliphatic carbocycles. The van der Waals surface area contributed by atoms with E-state index < -0.39 is 22.9 Å². The maximum absolute atomic E-state index is 12.6. The minimum atomic E-state index is -4.41. The number of amides is 2. The minimum Gasteiger partial charge on any atom is -0.268 e. The molecule has 128 valence electrons. The lowest BCUT2D eigenvalue weighted by Gasteiger charge is -2.12. The molecule has 3 nitrogen and oxygen atoms in total. The van der Waals surface area contributed by atoms with Crippen molar-refractivity contribution in [2.75, 3.05) is 0 Å². The number of nitrogens with zero attached hydrogens (tertiary/aromatic N) is 1. The Morgan fingerprint density at radius 3 is 2.20 bits per heavy atom. The second-order valence-corrected chi connectivity index (χ2v) is 6.37. The first kappa shape index (κ1) is 17.3. The number of carbonyl (C=O) groups is 2. The standard InChI is InChI=1S/C18H12F3NO2S/c19-18(20,21)14-8-6-12(7-9-14)10-15-16(23)22(17(24)25-15)11-13-4-2-1-3-5-13/h1-10H,11H2/b15-10-. The largest absolute Gasteiger partial charge is 0.416 e. The van der Waals surface area contributed by atoms with Crippen LogP contribution in [0.2, 0.25) is 0 Å². The molecular weight excluding hydrogens is 351 g/mol. The Labute approximate surface area is 146 Å². The maximum Gasteiger partial charge on any atom is 0.416 e. The molecule has 0 radical (unpaired) electrons. The number of hydrogen-bond donors (Lipinski definition) is 0. The van der Waals surface area contributed by atoms with Crippen molar-refractivity contribution in [2.45, 2.75) is 12.7 Å². The SMILES string of the molecule is O=C1S/C(=C\c2ccc(C(F)(F)F)cc2)C(=O)N1Cc1ccccc1. The zero-order chi connectivity index (χ0) is 18.0. The summed E-state index contributed by atoms with van der Waals surface area (Å²) in [6, 6.07) is 13.5. The normalized spacial score (nSPS) is 16.8. The Hall–Kier alpha value is -2.54. The summed E-state index contributed by atoms with van der Waals surface area (Å²) in [4.78, 5) is 25.8. The first-order chi connectivity index (χ1) is 11.8. The summed E-state index contributed by atoms with van der Waals surface area (Å²) in [6.45, 7) is 0.163. The average molecular weight is 363 g/mol. The van der Waals surface area contributed by atoms with Crippen molar-refractivity contribution in [1.29, 1.82) is 0 Å². The molecule has 1 saturated heterocycles. The molecule has 0 saturated carbocycles. The number of halogens is 3. The van der Waals surface area contributed by atoms with Gasteiger partial charge < -0.3 is 0 Å². The van der Waals surface area contributed by atoms with E-state index in [1.54, 1.807) is 0 Å². The fourth-order valence-corrected chi connectivity index (χ4v) is 3.16. The van der Waals surface area contributed by atoms with Crippen molar-refractivity contribution in [1.82, 2.24) is 4.90 Å². The van der Waals surface area contributed by atoms with E-state index in [2.05, 4.69) is 0 Å². The fourth-order valence-electron chi connectivity index (χ4n) is 2.32. The number of imide groups is 1. The highest BCUT2D eigenvalue weighted by atomic mass is 32.2. The first-order valence-electron chi connectivity index (χ1n) is 7.31. The van der Waals surface area contributed by atoms with E-state index in [9.17, 15) is 22.8 Å². The van der Waals surface area contributed by atoms with E-state index in [0.717, 1.165) is 34.4 Å². The van der Waals surface area contributed by atoms with Crippen molar-refractivity contribution in [3.8, 4) is 0 Å². The molecule has 1 aliphatic heterocycles. The number of carbonyl (C=O) groups excluding carboxylic acids is 2. The maximum atomic E-state index is 12.6. The van der Waals surface area contributed by atoms with Crippen LogP contribution in [0.1, 0.15) is 16.7 Å². The Kier molecular flexibility index (Phi) is 4.67. The Balaban J connectivity index is 1.78. The van der Waals surface area contributed by atoms with Crippen molar-refractivity contribution < 1.29 is 22.8 Å². The minimum absolute atomic E-state index is 0.163. The van der Waals surface area contributed by atoms with Crippen LogP contribution in [-0.4, -0.2) is 16.0 Å². The molecule has 0 atom stereocenters. The number of rotatable bonds is 3. The topological polar surface area (TPSA) is 37.4 Å². The van der Waals surface area contributed by atoms with Crippen LogP contribution in [-0.2, 0) is 17.5 Å². The Morgan fingerprint density at radius 2 is 1.60 bits per heavy atom. The van der Waals surface area contributed by atoms with Gasteiger partial charge in [0.25, 0.3) is 11.1 Å². The molecule has 1 fully saturated rings. The van der Waals surface area contributed by atoms with Gasteiger partial charge in [-0.3, -0.25) is 14.5 Å². The number of benzene rings is 2. The van der Waals surface area contributed by atoms with Gasteiger partial charge in [0.1, 0.15) is 0 Å². The number of hydrogen-bond acceptors (Lipinski definition) is 3. The summed E-state index contributed by atoms with van der Waals surface area (Å²) in [5.74, 6) is -0.446. The molecular formula is C18H12F3NO2S. The predicted molar refractivity (Wildman–Crippen MR) is 89.4 cm³/mol. The molecule has 2 amide bonds. The predicted octanol–water partition coefficient (Wildman–Crippen LogP) is 4.94. The highest BCUT2D eigenvalue weighted by molar-refractivity contribution is 8.18. The van der Waals surface area contributed by atoms with Crippen LogP contribution >= 0.6 is 11.8 Å². The van der Waals surface area contributed by atoms with Gasteiger partial charge in [-0.05, 0) is 41.1 Å². The zero-order valence-electron chi connectivity index (χ0n) is 12.8. The fraction of sp³-hybridized carbons (Fsp3) is 0.111. The monoisotopic (exact) mass is 363 g/mol. The molecule has 0 spiro atoms. The summed E-state index contributed by atoms with van der Waals surface area (Å²) in [7, 11) is 0. The second-order valence-electron chi connectivity index (χ2n) is 5.37. The molecule has 1 heterocycles. The van der Waals surface area contributed by atoms with Crippen LogP contribution in [0, 0.1) is 0 Å².